The van der Waals surface area contributed by atoms with Gasteiger partial charge in [0.25, 0.3) is 5.69 Å². The molecule has 0 N–H and O–H groups in total. The summed E-state index contributed by atoms with van der Waals surface area (Å²) in [5.74, 6) is 1.19. The van der Waals surface area contributed by atoms with E-state index in [0.717, 1.165) is 5.56 Å². The van der Waals surface area contributed by atoms with Crippen molar-refractivity contribution in [2.45, 2.75) is 11.9 Å². The highest BCUT2D eigenvalue weighted by Gasteiger charge is 2.15. The summed E-state index contributed by atoms with van der Waals surface area (Å²) in [6.07, 6.45) is 0. The Morgan fingerprint density at radius 3 is 2.52 bits per heavy atom. The standard InChI is InChI=1S/C15H14BrNO4/c1-20-14-8-4-6-11(9-16)15(14)21-10-12-5-2-3-7-13(12)17(18)19/h2-8H,9-10H2,1H3. The summed E-state index contributed by atoms with van der Waals surface area (Å²) < 4.78 is 11.0. The predicted octanol–water partition coefficient (Wildman–Crippen LogP) is 4.08. The molecule has 2 aromatic carbocycles. The highest BCUT2D eigenvalue weighted by molar-refractivity contribution is 9.08. The molecule has 0 aliphatic rings. The average molecular weight is 352 g/mol. The van der Waals surface area contributed by atoms with Crippen LogP contribution in [0.15, 0.2) is 42.5 Å². The Balaban J connectivity index is 2.26. The van der Waals surface area contributed by atoms with E-state index in [9.17, 15) is 10.1 Å². The molecular formula is C15H14BrNO4. The first-order valence-corrected chi connectivity index (χ1v) is 7.36. The van der Waals surface area contributed by atoms with E-state index in [1.165, 1.54) is 6.07 Å². The quantitative estimate of drug-likeness (QED) is 0.447. The van der Waals surface area contributed by atoms with Crippen LogP contribution in [0.3, 0.4) is 0 Å². The molecule has 5 nitrogen and oxygen atoms in total. The lowest BCUT2D eigenvalue weighted by Gasteiger charge is -2.14. The van der Waals surface area contributed by atoms with E-state index in [-0.39, 0.29) is 12.3 Å². The summed E-state index contributed by atoms with van der Waals surface area (Å²) in [4.78, 5) is 10.6. The normalized spacial score (nSPS) is 10.2. The van der Waals surface area contributed by atoms with Crippen molar-refractivity contribution in [3.63, 3.8) is 0 Å². The minimum Gasteiger partial charge on any atom is -0.493 e. The van der Waals surface area contributed by atoms with E-state index in [0.29, 0.717) is 22.4 Å². The predicted molar refractivity (Wildman–Crippen MR) is 83.1 cm³/mol. The lowest BCUT2D eigenvalue weighted by Crippen LogP contribution is -2.03. The number of nitro benzene ring substituents is 1. The van der Waals surface area contributed by atoms with Crippen molar-refractivity contribution in [3.05, 3.63) is 63.7 Å². The van der Waals surface area contributed by atoms with Crippen LogP contribution in [0, 0.1) is 10.1 Å². The molecule has 0 bridgehead atoms. The molecule has 0 radical (unpaired) electrons. The summed E-state index contributed by atoms with van der Waals surface area (Å²) >= 11 is 3.39. The molecule has 0 aliphatic heterocycles. The molecule has 21 heavy (non-hydrogen) atoms. The van der Waals surface area contributed by atoms with E-state index in [1.54, 1.807) is 31.4 Å². The molecule has 0 saturated carbocycles. The number of halogens is 1. The first-order valence-electron chi connectivity index (χ1n) is 6.24. The summed E-state index contributed by atoms with van der Waals surface area (Å²) in [5.41, 5.74) is 1.50. The van der Waals surface area contributed by atoms with Gasteiger partial charge in [0, 0.05) is 17.0 Å². The second-order valence-corrected chi connectivity index (χ2v) is 4.82. The van der Waals surface area contributed by atoms with E-state index < -0.39 is 4.92 Å². The molecule has 2 aromatic rings. The zero-order valence-electron chi connectivity index (χ0n) is 11.4. The minimum atomic E-state index is -0.410. The van der Waals surface area contributed by atoms with Gasteiger partial charge in [0.15, 0.2) is 11.5 Å². The fourth-order valence-electron chi connectivity index (χ4n) is 1.95. The van der Waals surface area contributed by atoms with Gasteiger partial charge < -0.3 is 9.47 Å². The number of alkyl halides is 1. The molecule has 0 atom stereocenters. The van der Waals surface area contributed by atoms with Gasteiger partial charge >= 0.3 is 0 Å². The van der Waals surface area contributed by atoms with Crippen LogP contribution in [-0.2, 0) is 11.9 Å². The summed E-state index contributed by atoms with van der Waals surface area (Å²) in [6, 6.07) is 12.1. The van der Waals surface area contributed by atoms with Crippen LogP contribution in [0.2, 0.25) is 0 Å². The van der Waals surface area contributed by atoms with Gasteiger partial charge in [-0.2, -0.15) is 0 Å². The molecule has 0 fully saturated rings. The molecular weight excluding hydrogens is 338 g/mol. The van der Waals surface area contributed by atoms with Gasteiger partial charge in [-0.1, -0.05) is 40.2 Å². The second-order valence-electron chi connectivity index (χ2n) is 4.26. The Morgan fingerprint density at radius 1 is 1.14 bits per heavy atom. The van der Waals surface area contributed by atoms with Gasteiger partial charge in [0.1, 0.15) is 6.61 Å². The Hall–Kier alpha value is -2.08. The maximum Gasteiger partial charge on any atom is 0.276 e. The van der Waals surface area contributed by atoms with Crippen LogP contribution in [-0.4, -0.2) is 12.0 Å². The third-order valence-electron chi connectivity index (χ3n) is 2.98. The van der Waals surface area contributed by atoms with Gasteiger partial charge in [0.05, 0.1) is 17.6 Å². The SMILES string of the molecule is COc1cccc(CBr)c1OCc1ccccc1[N+](=O)[O-]. The number of benzene rings is 2. The van der Waals surface area contributed by atoms with Crippen LogP contribution in [0.4, 0.5) is 5.69 Å². The minimum absolute atomic E-state index is 0.0489. The van der Waals surface area contributed by atoms with Gasteiger partial charge in [-0.15, -0.1) is 0 Å². The third kappa shape index (κ3) is 3.52. The number of hydrogen-bond acceptors (Lipinski definition) is 4. The van der Waals surface area contributed by atoms with Crippen molar-refractivity contribution in [1.82, 2.24) is 0 Å². The Labute approximate surface area is 130 Å². The zero-order valence-corrected chi connectivity index (χ0v) is 13.0. The molecule has 0 aromatic heterocycles. The number of nitrogens with zero attached hydrogens (tertiary/aromatic N) is 1. The van der Waals surface area contributed by atoms with Gasteiger partial charge in [-0.25, -0.2) is 0 Å². The highest BCUT2D eigenvalue weighted by atomic mass is 79.9. The number of hydrogen-bond donors (Lipinski definition) is 0. The smallest absolute Gasteiger partial charge is 0.276 e. The lowest BCUT2D eigenvalue weighted by molar-refractivity contribution is -0.385. The van der Waals surface area contributed by atoms with Crippen molar-refractivity contribution in [2.24, 2.45) is 0 Å². The Bertz CT molecular complexity index is 623. The van der Waals surface area contributed by atoms with Crippen molar-refractivity contribution in [2.75, 3.05) is 7.11 Å². The Morgan fingerprint density at radius 2 is 1.86 bits per heavy atom. The van der Waals surface area contributed by atoms with Gasteiger partial charge in [-0.3, -0.25) is 10.1 Å². The van der Waals surface area contributed by atoms with Crippen molar-refractivity contribution < 1.29 is 14.4 Å². The molecule has 6 heteroatoms. The molecule has 0 amide bonds. The fourth-order valence-corrected chi connectivity index (χ4v) is 2.39. The summed E-state index contributed by atoms with van der Waals surface area (Å²) in [6.45, 7) is 0.109. The molecule has 0 saturated heterocycles. The lowest BCUT2D eigenvalue weighted by atomic mass is 10.2. The van der Waals surface area contributed by atoms with E-state index >= 15 is 0 Å². The zero-order chi connectivity index (χ0) is 15.2. The number of nitro groups is 1. The van der Waals surface area contributed by atoms with Crippen LogP contribution >= 0.6 is 15.9 Å². The Kier molecular flexibility index (Phi) is 5.16. The monoisotopic (exact) mass is 351 g/mol. The third-order valence-corrected chi connectivity index (χ3v) is 3.59. The number of ether oxygens (including phenoxy) is 2. The average Bonchev–Trinajstić information content (AvgIpc) is 2.52. The molecule has 0 heterocycles. The number of methoxy groups -OCH3 is 1. The van der Waals surface area contributed by atoms with Crippen molar-refractivity contribution >= 4 is 21.6 Å². The van der Waals surface area contributed by atoms with Crippen LogP contribution in [0.5, 0.6) is 11.5 Å². The molecule has 0 spiro atoms. The van der Waals surface area contributed by atoms with E-state index in [2.05, 4.69) is 15.9 Å². The van der Waals surface area contributed by atoms with E-state index in [4.69, 9.17) is 9.47 Å². The maximum absolute atomic E-state index is 11.0. The number of para-hydroxylation sites is 2. The van der Waals surface area contributed by atoms with E-state index in [1.807, 2.05) is 12.1 Å². The van der Waals surface area contributed by atoms with Crippen LogP contribution in [0.1, 0.15) is 11.1 Å². The second kappa shape index (κ2) is 7.08. The molecule has 110 valence electrons. The largest absolute Gasteiger partial charge is 0.493 e. The van der Waals surface area contributed by atoms with Crippen molar-refractivity contribution in [1.29, 1.82) is 0 Å². The molecule has 2 rings (SSSR count). The first-order chi connectivity index (χ1) is 10.2. The van der Waals surface area contributed by atoms with Crippen molar-refractivity contribution in [3.8, 4) is 11.5 Å². The van der Waals surface area contributed by atoms with Gasteiger partial charge in [0.2, 0.25) is 0 Å². The summed E-state index contributed by atoms with van der Waals surface area (Å²) in [5, 5.41) is 11.6. The first kappa shape index (κ1) is 15.3. The maximum atomic E-state index is 11.0. The highest BCUT2D eigenvalue weighted by Crippen LogP contribution is 2.33. The topological polar surface area (TPSA) is 61.6 Å². The fraction of sp³-hybridized carbons (Fsp3) is 0.200. The van der Waals surface area contributed by atoms with Crippen LogP contribution in [0.25, 0.3) is 0 Å². The van der Waals surface area contributed by atoms with Gasteiger partial charge in [-0.05, 0) is 12.1 Å². The summed E-state index contributed by atoms with van der Waals surface area (Å²) in [7, 11) is 1.56. The molecule has 0 unspecified atom stereocenters. The number of rotatable bonds is 6. The van der Waals surface area contributed by atoms with Crippen LogP contribution < -0.4 is 9.47 Å². The molecule has 0 aliphatic carbocycles.